The van der Waals surface area contributed by atoms with E-state index in [-0.39, 0.29) is 21.7 Å². The van der Waals surface area contributed by atoms with Crippen LogP contribution in [-0.2, 0) is 27.2 Å². The van der Waals surface area contributed by atoms with E-state index in [1.807, 2.05) is 0 Å². The van der Waals surface area contributed by atoms with Gasteiger partial charge in [0.05, 0.1) is 5.54 Å². The van der Waals surface area contributed by atoms with Crippen LogP contribution >= 0.6 is 0 Å². The Morgan fingerprint density at radius 2 is 1.00 bits per heavy atom. The zero-order chi connectivity index (χ0) is 27.3. The van der Waals surface area contributed by atoms with Gasteiger partial charge in [-0.3, -0.25) is 0 Å². The highest BCUT2D eigenvalue weighted by Gasteiger charge is 2.30. The molecule has 1 unspecified atom stereocenters. The number of hydrogen-bond donors (Lipinski definition) is 2. The molecule has 0 saturated carbocycles. The van der Waals surface area contributed by atoms with Crippen molar-refractivity contribution in [1.29, 1.82) is 0 Å². The first-order chi connectivity index (χ1) is 16.2. The largest absolute Gasteiger partial charge is 0.356 e. The highest BCUT2D eigenvalue weighted by Crippen LogP contribution is 2.37. The van der Waals surface area contributed by atoms with Crippen LogP contribution in [0.15, 0.2) is 60.3 Å². The number of anilines is 1. The molecule has 0 aliphatic heterocycles. The molecule has 1 aliphatic carbocycles. The third-order valence-corrected chi connectivity index (χ3v) is 7.38. The normalized spacial score (nSPS) is 19.3. The number of allylic oxidation sites excluding steroid dienone is 1. The van der Waals surface area contributed by atoms with Crippen LogP contribution in [0.3, 0.4) is 0 Å². The van der Waals surface area contributed by atoms with E-state index in [1.54, 1.807) is 0 Å². The van der Waals surface area contributed by atoms with Gasteiger partial charge in [-0.1, -0.05) is 120 Å². The molecular weight excluding hydrogens is 436 g/mol. The van der Waals surface area contributed by atoms with Crippen molar-refractivity contribution in [2.75, 3.05) is 5.32 Å². The fourth-order valence-electron chi connectivity index (χ4n) is 4.45. The maximum Gasteiger partial charge on any atom is 0.0635 e. The van der Waals surface area contributed by atoms with Crippen LogP contribution in [0.25, 0.3) is 0 Å². The highest BCUT2D eigenvalue weighted by molar-refractivity contribution is 5.58. The monoisotopic (exact) mass is 486 g/mol. The topological polar surface area (TPSA) is 38.0 Å². The average Bonchev–Trinajstić information content (AvgIpc) is 2.72. The Morgan fingerprint density at radius 3 is 1.33 bits per heavy atom. The number of nitrogens with two attached hydrogens (primary N) is 1. The molecule has 0 spiro atoms. The lowest BCUT2D eigenvalue weighted by Crippen LogP contribution is -2.36. The molecule has 196 valence electrons. The second-order valence-corrected chi connectivity index (χ2v) is 15.0. The first-order valence-corrected chi connectivity index (χ1v) is 13.5. The Kier molecular flexibility index (Phi) is 7.23. The summed E-state index contributed by atoms with van der Waals surface area (Å²) in [4.78, 5) is 0. The summed E-state index contributed by atoms with van der Waals surface area (Å²) in [6.07, 6.45) is 7.35. The van der Waals surface area contributed by atoms with Crippen molar-refractivity contribution in [1.82, 2.24) is 0 Å². The molecule has 2 aromatic carbocycles. The van der Waals surface area contributed by atoms with Crippen molar-refractivity contribution in [2.45, 2.75) is 117 Å². The van der Waals surface area contributed by atoms with Crippen LogP contribution in [-0.4, -0.2) is 0 Å². The van der Waals surface area contributed by atoms with Crippen molar-refractivity contribution in [2.24, 2.45) is 5.73 Å². The predicted molar refractivity (Wildman–Crippen MR) is 159 cm³/mol. The second kappa shape index (κ2) is 9.21. The van der Waals surface area contributed by atoms with E-state index in [2.05, 4.69) is 143 Å². The summed E-state index contributed by atoms with van der Waals surface area (Å²) >= 11 is 0. The zero-order valence-electron chi connectivity index (χ0n) is 25.0. The minimum Gasteiger partial charge on any atom is -0.356 e. The third-order valence-electron chi connectivity index (χ3n) is 7.38. The molecule has 1 aliphatic rings. The second-order valence-electron chi connectivity index (χ2n) is 15.0. The maximum absolute atomic E-state index is 7.06. The van der Waals surface area contributed by atoms with Crippen LogP contribution in [0.2, 0.25) is 0 Å². The summed E-state index contributed by atoms with van der Waals surface area (Å²) in [6, 6.07) is 13.9. The van der Waals surface area contributed by atoms with Crippen LogP contribution in [0.5, 0.6) is 0 Å². The molecule has 0 saturated heterocycles. The molecule has 0 bridgehead atoms. The van der Waals surface area contributed by atoms with Crippen molar-refractivity contribution in [3.8, 4) is 0 Å². The summed E-state index contributed by atoms with van der Waals surface area (Å²) in [5.74, 6) is 0. The van der Waals surface area contributed by atoms with Gasteiger partial charge in [-0.2, -0.15) is 0 Å². The molecule has 0 aromatic heterocycles. The fourth-order valence-corrected chi connectivity index (χ4v) is 4.45. The summed E-state index contributed by atoms with van der Waals surface area (Å²) < 4.78 is 0. The van der Waals surface area contributed by atoms with Crippen LogP contribution < -0.4 is 11.1 Å². The standard InChI is InChI=1S/C34H50N2/c1-30(2,3)23-17-24(31(4,5)6)20-27(19-23)34(35)15-13-28(14-16-34)36-29-21-25(32(7,8)9)18-26(22-29)33(10,11)12/h13-15,17-22,36H,16,35H2,1-12H3. The zero-order valence-corrected chi connectivity index (χ0v) is 25.0. The Morgan fingerprint density at radius 1 is 0.611 bits per heavy atom. The number of benzene rings is 2. The molecule has 0 radical (unpaired) electrons. The molecular formula is C34H50N2. The lowest BCUT2D eigenvalue weighted by atomic mass is 9.75. The van der Waals surface area contributed by atoms with E-state index in [0.717, 1.165) is 17.8 Å². The van der Waals surface area contributed by atoms with Crippen LogP contribution in [0, 0.1) is 0 Å². The predicted octanol–water partition coefficient (Wildman–Crippen LogP) is 8.99. The quantitative estimate of drug-likeness (QED) is 0.454. The van der Waals surface area contributed by atoms with Gasteiger partial charge < -0.3 is 11.1 Å². The van der Waals surface area contributed by atoms with E-state index >= 15 is 0 Å². The molecule has 36 heavy (non-hydrogen) atoms. The van der Waals surface area contributed by atoms with Crippen LogP contribution in [0.1, 0.15) is 117 Å². The highest BCUT2D eigenvalue weighted by atomic mass is 14.9. The smallest absolute Gasteiger partial charge is 0.0635 e. The minimum atomic E-state index is -0.518. The van der Waals surface area contributed by atoms with Gasteiger partial charge in [0.1, 0.15) is 0 Å². The third kappa shape index (κ3) is 6.51. The van der Waals surface area contributed by atoms with Gasteiger partial charge in [0, 0.05) is 11.4 Å². The van der Waals surface area contributed by atoms with Crippen molar-refractivity contribution >= 4 is 5.69 Å². The van der Waals surface area contributed by atoms with Gasteiger partial charge >= 0.3 is 0 Å². The molecule has 3 rings (SSSR count). The van der Waals surface area contributed by atoms with E-state index in [9.17, 15) is 0 Å². The van der Waals surface area contributed by atoms with Gasteiger partial charge in [-0.05, 0) is 74.1 Å². The van der Waals surface area contributed by atoms with Gasteiger partial charge in [0.2, 0.25) is 0 Å². The summed E-state index contributed by atoms with van der Waals surface area (Å²) in [5.41, 5.74) is 15.6. The maximum atomic E-state index is 7.06. The van der Waals surface area contributed by atoms with Gasteiger partial charge in [-0.15, -0.1) is 0 Å². The van der Waals surface area contributed by atoms with Crippen molar-refractivity contribution in [3.05, 3.63) is 88.1 Å². The Labute approximate surface area is 221 Å². The van der Waals surface area contributed by atoms with Gasteiger partial charge in [0.25, 0.3) is 0 Å². The first-order valence-electron chi connectivity index (χ1n) is 13.5. The number of rotatable bonds is 3. The molecule has 0 fully saturated rings. The summed E-state index contributed by atoms with van der Waals surface area (Å²) in [5, 5.41) is 3.69. The summed E-state index contributed by atoms with van der Waals surface area (Å²) in [6.45, 7) is 27.3. The first kappa shape index (κ1) is 28.3. The van der Waals surface area contributed by atoms with Gasteiger partial charge in [-0.25, -0.2) is 0 Å². The minimum absolute atomic E-state index is 0.0656. The fraction of sp³-hybridized carbons (Fsp3) is 0.529. The lowest BCUT2D eigenvalue weighted by Gasteiger charge is -2.33. The SMILES string of the molecule is CC(C)(C)c1cc(NC2=CCC(N)(c3cc(C(C)(C)C)cc(C(C)(C)C)c3)C=C2)cc(C(C)(C)C)c1. The molecule has 2 nitrogen and oxygen atoms in total. The van der Waals surface area contributed by atoms with E-state index < -0.39 is 5.54 Å². The van der Waals surface area contributed by atoms with Crippen molar-refractivity contribution in [3.63, 3.8) is 0 Å². The van der Waals surface area contributed by atoms with Crippen molar-refractivity contribution < 1.29 is 0 Å². The van der Waals surface area contributed by atoms with E-state index in [0.29, 0.717) is 0 Å². The van der Waals surface area contributed by atoms with Gasteiger partial charge in [0.15, 0.2) is 0 Å². The lowest BCUT2D eigenvalue weighted by molar-refractivity contribution is 0.537. The summed E-state index contributed by atoms with van der Waals surface area (Å²) in [7, 11) is 0. The Balaban J connectivity index is 1.94. The molecule has 0 heterocycles. The molecule has 0 amide bonds. The molecule has 3 N–H and O–H groups in total. The molecule has 2 heteroatoms. The Bertz CT molecular complexity index is 1100. The number of nitrogens with one attached hydrogen (secondary N) is 1. The van der Waals surface area contributed by atoms with E-state index in [1.165, 1.54) is 27.8 Å². The van der Waals surface area contributed by atoms with E-state index in [4.69, 9.17) is 5.73 Å². The molecule has 1 atom stereocenters. The van der Waals surface area contributed by atoms with Crippen LogP contribution in [0.4, 0.5) is 5.69 Å². The Hall–Kier alpha value is -2.32. The molecule has 2 aromatic rings. The number of hydrogen-bond acceptors (Lipinski definition) is 2. The average molecular weight is 487 g/mol.